The number of hydrogen-bond acceptors (Lipinski definition) is 25. The number of carbonyl (C=O) groups excluding carboxylic acids is 11. The molecule has 662 valence electrons. The van der Waals surface area contributed by atoms with Crippen LogP contribution in [0.4, 0.5) is 32.3 Å². The third kappa shape index (κ3) is 26.7. The minimum absolute atomic E-state index is 0.00574. The van der Waals surface area contributed by atoms with Gasteiger partial charge in [-0.1, -0.05) is 61.7 Å². The highest BCUT2D eigenvalue weighted by Gasteiger charge is 2.47. The fourth-order valence-electron chi connectivity index (χ4n) is 14.0. The Kier molecular flexibility index (Phi) is 35.4. The second kappa shape index (κ2) is 45.8. The van der Waals surface area contributed by atoms with Crippen LogP contribution < -0.4 is 76.0 Å². The van der Waals surface area contributed by atoms with Crippen molar-refractivity contribution in [3.05, 3.63) is 144 Å². The molecule has 10 N–H and O–H groups in total. The highest BCUT2D eigenvalue weighted by molar-refractivity contribution is 7.92. The Bertz CT molecular complexity index is 4570. The summed E-state index contributed by atoms with van der Waals surface area (Å²) in [6, 6.07) is 9.32. The molecule has 12 rings (SSSR count). The van der Waals surface area contributed by atoms with E-state index < -0.39 is 125 Å². The number of rotatable bonds is 28. The lowest BCUT2D eigenvalue weighted by Gasteiger charge is -2.31. The van der Waals surface area contributed by atoms with Crippen LogP contribution >= 0.6 is 0 Å². The van der Waals surface area contributed by atoms with E-state index in [0.717, 1.165) is 10.5 Å². The molecular weight excluding hydrogens is 1610 g/mol. The van der Waals surface area contributed by atoms with Gasteiger partial charge in [0.1, 0.15) is 43.4 Å². The van der Waals surface area contributed by atoms with Crippen LogP contribution in [0.2, 0.25) is 0 Å². The van der Waals surface area contributed by atoms with E-state index in [4.69, 9.17) is 47.4 Å². The van der Waals surface area contributed by atoms with Gasteiger partial charge in [0, 0.05) is 94.3 Å². The maximum absolute atomic E-state index is 14.6. The first-order valence-electron chi connectivity index (χ1n) is 40.2. The van der Waals surface area contributed by atoms with Crippen LogP contribution in [-0.2, 0) is 85.2 Å². The second-order valence-corrected chi connectivity index (χ2v) is 31.4. The number of ether oxygens (including phenoxy) is 10. The van der Waals surface area contributed by atoms with Crippen LogP contribution in [0.5, 0.6) is 23.0 Å². The summed E-state index contributed by atoms with van der Waals surface area (Å²) in [5.41, 5.74) is 3.67. The standard InChI is InChI=1S/C84H111N13O24S/c1-11-122(110,111)93-65-43-74(99)87-54(5)75(100)91-63(18-13-15-30-86-73(98)28-34-117-38-36-113-8)77(102)89-59-25-21-57(22-26-59)50-121-84(109)97-67-45-72(70(115-10)42-62(67)81(106)95-47-52(3)40-68(95)82(97)107)119-32-16-31-118-71-44-66-61(41-69(71)114-9)80(105)94-46-51(2)39-60(94)48-96(66)83(108)120-49-56-19-23-58(24-20-56)90-78(103)64(92-76(101)55(6)88-79(65)104)17-12-14-29-85-53(4)27-33-116-37-35-112-7/h11,19-26,41-42,44-45,54-55,60,63-65,68,82,85,93,107H,1-4,12-18,27-40,43,46-50H2,5-10H3,(H,86,98)(H,87,99)(H,88,104)(H,89,102)(H,90,103)(H,91,100)(H,92,101)/t54-,55-,60-,63-,64-,65+,68-,82?/m0/s1. The predicted octanol–water partition coefficient (Wildman–Crippen LogP) is 5.08. The van der Waals surface area contributed by atoms with E-state index in [1.165, 1.54) is 93.5 Å². The molecule has 37 nitrogen and oxygen atoms in total. The molecule has 11 amide bonds. The average Bonchev–Trinajstić information content (AvgIpc) is 1.60. The quantitative estimate of drug-likeness (QED) is 0.0262. The molecule has 0 radical (unpaired) electrons. The number of nitrogens with zero attached hydrogens (tertiary/aromatic N) is 4. The molecule has 4 aromatic rings. The summed E-state index contributed by atoms with van der Waals surface area (Å²) in [6.07, 6.45) is -1.64. The number of fused-ring (bicyclic) bond motifs is 2. The van der Waals surface area contributed by atoms with Crippen molar-refractivity contribution in [2.75, 3.05) is 134 Å². The van der Waals surface area contributed by atoms with Gasteiger partial charge in [-0.3, -0.25) is 48.1 Å². The zero-order chi connectivity index (χ0) is 88.2. The number of methoxy groups -OCH3 is 4. The van der Waals surface area contributed by atoms with Gasteiger partial charge in [0.05, 0.1) is 115 Å². The van der Waals surface area contributed by atoms with Gasteiger partial charge in [-0.05, 0) is 113 Å². The minimum Gasteiger partial charge on any atom is -0.493 e. The number of hydrogen-bond donors (Lipinski definition) is 10. The number of benzene rings is 4. The minimum atomic E-state index is -4.50. The number of aliphatic hydroxyl groups is 1. The lowest BCUT2D eigenvalue weighted by molar-refractivity contribution is -0.133. The van der Waals surface area contributed by atoms with Gasteiger partial charge in [0.2, 0.25) is 51.4 Å². The molecule has 8 heterocycles. The van der Waals surface area contributed by atoms with Crippen molar-refractivity contribution >= 4 is 98.1 Å². The van der Waals surface area contributed by atoms with Crippen molar-refractivity contribution in [1.82, 2.24) is 46.4 Å². The first kappa shape index (κ1) is 94.2. The van der Waals surface area contributed by atoms with Crippen LogP contribution in [0, 0.1) is 0 Å². The molecule has 2 fully saturated rings. The van der Waals surface area contributed by atoms with Crippen molar-refractivity contribution in [3.63, 3.8) is 0 Å². The van der Waals surface area contributed by atoms with Crippen molar-refractivity contribution in [2.45, 2.75) is 153 Å². The number of sulfonamides is 1. The Morgan fingerprint density at radius 1 is 0.582 bits per heavy atom. The summed E-state index contributed by atoms with van der Waals surface area (Å²) in [5.74, 6) is -6.10. The molecule has 122 heavy (non-hydrogen) atoms. The maximum Gasteiger partial charge on any atom is 0.416 e. The third-order valence-electron chi connectivity index (χ3n) is 20.6. The largest absolute Gasteiger partial charge is 0.493 e. The molecule has 0 aromatic heterocycles. The Labute approximate surface area is 708 Å². The molecule has 8 aliphatic rings. The van der Waals surface area contributed by atoms with Crippen LogP contribution in [0.15, 0.2) is 121 Å². The average molecular weight is 1720 g/mol. The zero-order valence-electron chi connectivity index (χ0n) is 69.6. The molecular formula is C84H111N13O24S. The summed E-state index contributed by atoms with van der Waals surface area (Å²) < 4.78 is 85.2. The Hall–Kier alpha value is -11.7. The summed E-state index contributed by atoms with van der Waals surface area (Å²) in [6.45, 7) is 20.3. The molecule has 2 saturated heterocycles. The van der Waals surface area contributed by atoms with E-state index in [-0.39, 0.29) is 160 Å². The lowest BCUT2D eigenvalue weighted by atomic mass is 10.1. The number of unbranched alkanes of at least 4 members (excludes halogenated alkanes) is 2. The fraction of sp³-hybridized carbons (Fsp3) is 0.488. The molecule has 8 bridgehead atoms. The first-order valence-corrected chi connectivity index (χ1v) is 41.8. The lowest BCUT2D eigenvalue weighted by Crippen LogP contribution is -2.56. The van der Waals surface area contributed by atoms with E-state index in [0.29, 0.717) is 99.5 Å². The van der Waals surface area contributed by atoms with Crippen molar-refractivity contribution in [1.29, 1.82) is 0 Å². The van der Waals surface area contributed by atoms with E-state index in [1.54, 1.807) is 36.3 Å². The molecule has 0 aliphatic carbocycles. The van der Waals surface area contributed by atoms with Gasteiger partial charge in [-0.25, -0.2) is 22.9 Å². The van der Waals surface area contributed by atoms with E-state index in [9.17, 15) is 66.3 Å². The second-order valence-electron chi connectivity index (χ2n) is 29.8. The van der Waals surface area contributed by atoms with Crippen LogP contribution in [-0.4, -0.2) is 251 Å². The van der Waals surface area contributed by atoms with Crippen molar-refractivity contribution in [3.8, 4) is 23.0 Å². The summed E-state index contributed by atoms with van der Waals surface area (Å²) >= 11 is 0. The predicted molar refractivity (Wildman–Crippen MR) is 447 cm³/mol. The molecule has 8 atom stereocenters. The van der Waals surface area contributed by atoms with Crippen molar-refractivity contribution in [2.24, 2.45) is 0 Å². The van der Waals surface area contributed by atoms with Gasteiger partial charge < -0.3 is 105 Å². The topological polar surface area (TPSA) is 456 Å². The fourth-order valence-corrected chi connectivity index (χ4v) is 14.6. The van der Waals surface area contributed by atoms with Gasteiger partial charge in [0.25, 0.3) is 11.8 Å². The number of amides is 11. The number of nitrogens with one attached hydrogen (secondary N) is 9. The van der Waals surface area contributed by atoms with Gasteiger partial charge in [-0.2, -0.15) is 4.72 Å². The van der Waals surface area contributed by atoms with Gasteiger partial charge >= 0.3 is 12.2 Å². The molecule has 4 aromatic carbocycles. The number of carbonyl (C=O) groups is 11. The molecule has 0 spiro atoms. The number of aliphatic hydroxyl groups excluding tert-OH is 1. The Balaban J connectivity index is 0.990. The summed E-state index contributed by atoms with van der Waals surface area (Å²) in [4.78, 5) is 161. The van der Waals surface area contributed by atoms with E-state index in [1.807, 2.05) is 0 Å². The summed E-state index contributed by atoms with van der Waals surface area (Å²) in [5, 5.41) is 34.5. The Morgan fingerprint density at radius 2 is 1.09 bits per heavy atom. The third-order valence-corrected chi connectivity index (χ3v) is 21.6. The number of anilines is 4. The SMILES string of the molecule is C=CS(=O)(=O)N[C@@H]1CC(=O)N[C@@H](C)C(=O)N[C@@H](CCCCNC(=O)CCOCCOC)C(=O)Nc2ccc(cc2)COC(=O)N2c3cc(c(OC)cc3C(=O)N3CC(=C)C[C@H]3C2O)OCCCOc2cc3c(cc2OC)C(=O)N2CC(=C)C[C@H]2CN3C(=O)OCc2ccc(cc2)NC(=O)[C@H](CCCCNC(=C)CCOCCOC)NC(=O)[C@H](C)NC1=O. The first-order chi connectivity index (χ1) is 58.5. The van der Waals surface area contributed by atoms with Crippen LogP contribution in [0.3, 0.4) is 0 Å². The normalized spacial score (nSPS) is 21.4. The molecule has 38 heteroatoms. The molecule has 8 aliphatic heterocycles. The van der Waals surface area contributed by atoms with Crippen LogP contribution in [0.25, 0.3) is 0 Å². The van der Waals surface area contributed by atoms with E-state index in [2.05, 4.69) is 73.6 Å². The summed E-state index contributed by atoms with van der Waals surface area (Å²) in [7, 11) is 1.36. The van der Waals surface area contributed by atoms with Gasteiger partial charge in [-0.15, -0.1) is 0 Å². The molecule has 1 unspecified atom stereocenters. The van der Waals surface area contributed by atoms with E-state index >= 15 is 0 Å². The highest BCUT2D eigenvalue weighted by Crippen LogP contribution is 2.44. The highest BCUT2D eigenvalue weighted by atomic mass is 32.2. The zero-order valence-corrected chi connectivity index (χ0v) is 70.4. The maximum atomic E-state index is 14.6. The monoisotopic (exact) mass is 1720 g/mol. The van der Waals surface area contributed by atoms with Crippen LogP contribution in [0.1, 0.15) is 123 Å². The molecule has 0 saturated carbocycles. The van der Waals surface area contributed by atoms with Gasteiger partial charge in [0.15, 0.2) is 29.2 Å². The Morgan fingerprint density at radius 3 is 1.65 bits per heavy atom. The smallest absolute Gasteiger partial charge is 0.416 e. The van der Waals surface area contributed by atoms with Crippen molar-refractivity contribution < 1.29 is 114 Å².